The summed E-state index contributed by atoms with van der Waals surface area (Å²) in [4.78, 5) is 11.2. The van der Waals surface area contributed by atoms with Gasteiger partial charge in [-0.2, -0.15) is 0 Å². The molecular weight excluding hydrogens is 239 g/mol. The third kappa shape index (κ3) is 1.77. The number of rotatable bonds is 2. The molecule has 0 radical (unpaired) electrons. The summed E-state index contributed by atoms with van der Waals surface area (Å²) < 4.78 is 0.746. The van der Waals surface area contributed by atoms with Crippen molar-refractivity contribution in [2.45, 2.75) is 13.3 Å². The number of ketones is 1. The summed E-state index contributed by atoms with van der Waals surface area (Å²) in [5.41, 5.74) is 0.357. The number of thiophene rings is 1. The first kappa shape index (κ1) is 10.3. The van der Waals surface area contributed by atoms with Crippen LogP contribution in [0.4, 0.5) is 0 Å². The summed E-state index contributed by atoms with van der Waals surface area (Å²) in [5, 5.41) is 0.276. The van der Waals surface area contributed by atoms with E-state index in [1.54, 1.807) is 6.92 Å². The Morgan fingerprint density at radius 3 is 2.25 bits per heavy atom. The van der Waals surface area contributed by atoms with E-state index in [4.69, 9.17) is 34.8 Å². The van der Waals surface area contributed by atoms with Gasteiger partial charge in [0.15, 0.2) is 5.78 Å². The zero-order valence-electron chi connectivity index (χ0n) is 6.16. The van der Waals surface area contributed by atoms with Crippen LogP contribution >= 0.6 is 46.1 Å². The lowest BCUT2D eigenvalue weighted by atomic mass is 10.2. The molecule has 0 spiro atoms. The summed E-state index contributed by atoms with van der Waals surface area (Å²) in [6.07, 6.45) is 0.381. The normalized spacial score (nSPS) is 10.3. The summed E-state index contributed by atoms with van der Waals surface area (Å²) in [5.74, 6) is -0.0758. The number of hydrogen-bond donors (Lipinski definition) is 0. The van der Waals surface area contributed by atoms with Crippen LogP contribution in [0, 0.1) is 0 Å². The molecule has 0 aromatic carbocycles. The largest absolute Gasteiger partial charge is 0.294 e. The van der Waals surface area contributed by atoms with Crippen molar-refractivity contribution in [3.05, 3.63) is 19.3 Å². The van der Waals surface area contributed by atoms with Crippen LogP contribution in [0.2, 0.25) is 13.7 Å². The Bertz CT molecular complexity index is 319. The van der Waals surface area contributed by atoms with Gasteiger partial charge < -0.3 is 0 Å². The molecule has 0 bridgehead atoms. The number of carbonyl (C=O) groups excluding carboxylic acids is 1. The van der Waals surface area contributed by atoms with Crippen molar-refractivity contribution in [1.82, 2.24) is 0 Å². The minimum Gasteiger partial charge on any atom is -0.294 e. The maximum atomic E-state index is 11.2. The fourth-order valence-corrected chi connectivity index (χ4v) is 2.73. The van der Waals surface area contributed by atoms with E-state index >= 15 is 0 Å². The number of carbonyl (C=O) groups is 1. The lowest BCUT2D eigenvalue weighted by Gasteiger charge is -1.94. The lowest BCUT2D eigenvalue weighted by molar-refractivity contribution is 0.0989. The zero-order chi connectivity index (χ0) is 9.30. The Labute approximate surface area is 89.2 Å². The molecule has 0 unspecified atom stereocenters. The first-order valence-corrected chi connectivity index (χ1v) is 5.19. The molecule has 0 amide bonds. The van der Waals surface area contributed by atoms with Gasteiger partial charge in [0.1, 0.15) is 8.67 Å². The van der Waals surface area contributed by atoms with Crippen LogP contribution in [0.25, 0.3) is 0 Å². The zero-order valence-corrected chi connectivity index (χ0v) is 9.24. The van der Waals surface area contributed by atoms with Crippen molar-refractivity contribution < 1.29 is 4.79 Å². The standard InChI is InChI=1S/C7H5Cl3OS/c1-2-3(11)4-5(8)7(10)12-6(4)9/h2H2,1H3. The Kier molecular flexibility index (Phi) is 3.41. The van der Waals surface area contributed by atoms with Gasteiger partial charge in [-0.1, -0.05) is 41.7 Å². The molecule has 1 aromatic heterocycles. The summed E-state index contributed by atoms with van der Waals surface area (Å²) in [6.45, 7) is 1.75. The van der Waals surface area contributed by atoms with Crippen molar-refractivity contribution in [3.63, 3.8) is 0 Å². The number of hydrogen-bond acceptors (Lipinski definition) is 2. The van der Waals surface area contributed by atoms with Gasteiger partial charge in [-0.15, -0.1) is 11.3 Å². The fraction of sp³-hybridized carbons (Fsp3) is 0.286. The highest BCUT2D eigenvalue weighted by Gasteiger charge is 2.18. The third-order valence-electron chi connectivity index (χ3n) is 1.37. The maximum absolute atomic E-state index is 11.2. The Hall–Kier alpha value is 0.240. The van der Waals surface area contributed by atoms with Crippen molar-refractivity contribution in [1.29, 1.82) is 0 Å². The average molecular weight is 244 g/mol. The Balaban J connectivity index is 3.22. The molecule has 66 valence electrons. The van der Waals surface area contributed by atoms with Gasteiger partial charge in [0.25, 0.3) is 0 Å². The number of halogens is 3. The van der Waals surface area contributed by atoms with Crippen LogP contribution in [-0.4, -0.2) is 5.78 Å². The van der Waals surface area contributed by atoms with Crippen LogP contribution in [0.1, 0.15) is 23.7 Å². The Morgan fingerprint density at radius 2 is 1.92 bits per heavy atom. The monoisotopic (exact) mass is 242 g/mol. The molecule has 0 saturated heterocycles. The van der Waals surface area contributed by atoms with Gasteiger partial charge in [-0.25, -0.2) is 0 Å². The van der Waals surface area contributed by atoms with Crippen LogP contribution in [0.5, 0.6) is 0 Å². The van der Waals surface area contributed by atoms with Gasteiger partial charge in [0.05, 0.1) is 10.6 Å². The topological polar surface area (TPSA) is 17.1 Å². The first-order valence-electron chi connectivity index (χ1n) is 3.24. The predicted octanol–water partition coefficient (Wildman–Crippen LogP) is 4.30. The molecule has 5 heteroatoms. The molecule has 0 aliphatic rings. The van der Waals surface area contributed by atoms with Gasteiger partial charge in [-0.05, 0) is 0 Å². The van der Waals surface area contributed by atoms with Gasteiger partial charge in [0, 0.05) is 6.42 Å². The fourth-order valence-electron chi connectivity index (χ4n) is 0.768. The van der Waals surface area contributed by atoms with Gasteiger partial charge in [0.2, 0.25) is 0 Å². The second-order valence-electron chi connectivity index (χ2n) is 2.12. The SMILES string of the molecule is CCC(=O)c1c(Cl)sc(Cl)c1Cl. The minimum absolute atomic E-state index is 0.0758. The van der Waals surface area contributed by atoms with Crippen LogP contribution in [0.3, 0.4) is 0 Å². The summed E-state index contributed by atoms with van der Waals surface area (Å²) >= 11 is 18.3. The lowest BCUT2D eigenvalue weighted by Crippen LogP contribution is -1.95. The van der Waals surface area contributed by atoms with Crippen molar-refractivity contribution in [3.8, 4) is 0 Å². The highest BCUT2D eigenvalue weighted by Crippen LogP contribution is 2.40. The van der Waals surface area contributed by atoms with Gasteiger partial charge in [-0.3, -0.25) is 4.79 Å². The quantitative estimate of drug-likeness (QED) is 0.708. The van der Waals surface area contributed by atoms with Crippen LogP contribution in [-0.2, 0) is 0 Å². The maximum Gasteiger partial charge on any atom is 0.166 e. The second-order valence-corrected chi connectivity index (χ2v) is 4.72. The molecule has 0 aliphatic heterocycles. The first-order chi connectivity index (χ1) is 5.57. The highest BCUT2D eigenvalue weighted by molar-refractivity contribution is 7.21. The molecule has 1 aromatic rings. The highest BCUT2D eigenvalue weighted by atomic mass is 35.5. The molecule has 1 nitrogen and oxygen atoms in total. The predicted molar refractivity (Wildman–Crippen MR) is 54.0 cm³/mol. The molecular formula is C7H5Cl3OS. The van der Waals surface area contributed by atoms with E-state index in [1.807, 2.05) is 0 Å². The van der Waals surface area contributed by atoms with E-state index in [-0.39, 0.29) is 10.8 Å². The average Bonchev–Trinajstić information content (AvgIpc) is 2.26. The summed E-state index contributed by atoms with van der Waals surface area (Å²) in [7, 11) is 0. The minimum atomic E-state index is -0.0758. The van der Waals surface area contributed by atoms with Crippen molar-refractivity contribution >= 4 is 51.9 Å². The van der Waals surface area contributed by atoms with Crippen molar-refractivity contribution in [2.24, 2.45) is 0 Å². The second kappa shape index (κ2) is 3.97. The van der Waals surface area contributed by atoms with E-state index in [1.165, 1.54) is 0 Å². The Morgan fingerprint density at radius 1 is 1.33 bits per heavy atom. The van der Waals surface area contributed by atoms with E-state index in [0.717, 1.165) is 11.3 Å². The van der Waals surface area contributed by atoms with E-state index < -0.39 is 0 Å². The van der Waals surface area contributed by atoms with Gasteiger partial charge >= 0.3 is 0 Å². The molecule has 1 heterocycles. The molecule has 1 rings (SSSR count). The third-order valence-corrected chi connectivity index (χ3v) is 3.56. The number of Topliss-reactive ketones (excluding diaryl/α,β-unsaturated/α-hetero) is 1. The van der Waals surface area contributed by atoms with Crippen molar-refractivity contribution in [2.75, 3.05) is 0 Å². The molecule has 12 heavy (non-hydrogen) atoms. The molecule has 0 atom stereocenters. The molecule has 0 fully saturated rings. The van der Waals surface area contributed by atoms with E-state index in [2.05, 4.69) is 0 Å². The van der Waals surface area contributed by atoms with Crippen LogP contribution < -0.4 is 0 Å². The molecule has 0 aliphatic carbocycles. The van der Waals surface area contributed by atoms with Crippen LogP contribution in [0.15, 0.2) is 0 Å². The van der Waals surface area contributed by atoms with E-state index in [9.17, 15) is 4.79 Å². The molecule has 0 saturated carbocycles. The molecule has 0 N–H and O–H groups in total. The van der Waals surface area contributed by atoms with E-state index in [0.29, 0.717) is 20.7 Å². The summed E-state index contributed by atoms with van der Waals surface area (Å²) in [6, 6.07) is 0. The smallest absolute Gasteiger partial charge is 0.166 e.